The summed E-state index contributed by atoms with van der Waals surface area (Å²) in [6.45, 7) is 13.5. The number of nitrogens with one attached hydrogen (secondary N) is 2. The lowest BCUT2D eigenvalue weighted by Gasteiger charge is -2.28. The lowest BCUT2D eigenvalue weighted by molar-refractivity contribution is -0.121. The Morgan fingerprint density at radius 3 is 1.24 bits per heavy atom. The summed E-state index contributed by atoms with van der Waals surface area (Å²) < 4.78 is 11.2. The number of para-hydroxylation sites is 2. The molecule has 0 atom stereocenters. The van der Waals surface area contributed by atoms with Crippen molar-refractivity contribution in [1.82, 2.24) is 20.4 Å². The Bertz CT molecular complexity index is 1270. The molecule has 4 amide bonds. The molecule has 0 saturated carbocycles. The summed E-state index contributed by atoms with van der Waals surface area (Å²) in [5.41, 5.74) is -0.166. The van der Waals surface area contributed by atoms with Crippen LogP contribution >= 0.6 is 0 Å². The molecular weight excluding hydrogens is 640 g/mol. The molecule has 50 heavy (non-hydrogen) atoms. The molecule has 2 aromatic carbocycles. The van der Waals surface area contributed by atoms with E-state index >= 15 is 0 Å². The first kappa shape index (κ1) is 41.7. The highest BCUT2D eigenvalue weighted by Gasteiger charge is 2.23. The van der Waals surface area contributed by atoms with E-state index in [1.807, 2.05) is 41.5 Å². The van der Waals surface area contributed by atoms with Gasteiger partial charge >= 0.3 is 12.2 Å². The number of carbonyl (C=O) groups is 4. The van der Waals surface area contributed by atoms with Crippen LogP contribution in [0.3, 0.4) is 0 Å². The van der Waals surface area contributed by atoms with Gasteiger partial charge in [0.2, 0.25) is 11.8 Å². The maximum Gasteiger partial charge on any atom is 0.410 e. The van der Waals surface area contributed by atoms with Crippen LogP contribution in [0.2, 0.25) is 0 Å². The predicted molar refractivity (Wildman–Crippen MR) is 193 cm³/mol. The average molecular weight is 699 g/mol. The van der Waals surface area contributed by atoms with E-state index in [2.05, 4.69) is 10.6 Å². The summed E-state index contributed by atoms with van der Waals surface area (Å²) in [5, 5.41) is 25.5. The van der Waals surface area contributed by atoms with E-state index in [0.29, 0.717) is 63.2 Å². The number of rotatable bonds is 19. The van der Waals surface area contributed by atoms with Gasteiger partial charge in [-0.1, -0.05) is 49.2 Å². The summed E-state index contributed by atoms with van der Waals surface area (Å²) in [7, 11) is 0. The number of carbonyl (C=O) groups excluding carboxylic acids is 4. The molecule has 0 fully saturated rings. The minimum Gasteiger partial charge on any atom is -0.508 e. The highest BCUT2D eigenvalue weighted by Crippen LogP contribution is 2.17. The number of aromatic hydroxyl groups is 2. The van der Waals surface area contributed by atoms with Crippen LogP contribution in [0.15, 0.2) is 48.5 Å². The lowest BCUT2D eigenvalue weighted by Crippen LogP contribution is -2.39. The molecule has 0 aliphatic heterocycles. The third kappa shape index (κ3) is 17.8. The van der Waals surface area contributed by atoms with E-state index < -0.39 is 23.4 Å². The molecule has 2 aromatic rings. The lowest BCUT2D eigenvalue weighted by atomic mass is 10.1. The van der Waals surface area contributed by atoms with Crippen molar-refractivity contribution >= 4 is 24.0 Å². The van der Waals surface area contributed by atoms with Crippen molar-refractivity contribution in [2.75, 3.05) is 39.3 Å². The zero-order valence-corrected chi connectivity index (χ0v) is 30.8. The van der Waals surface area contributed by atoms with Crippen molar-refractivity contribution in [3.8, 4) is 11.5 Å². The van der Waals surface area contributed by atoms with Crippen LogP contribution in [0.4, 0.5) is 9.59 Å². The fraction of sp³-hybridized carbons (Fsp3) is 0.579. The molecule has 12 nitrogen and oxygen atoms in total. The third-order valence-corrected chi connectivity index (χ3v) is 7.45. The number of ether oxygens (including phenoxy) is 2. The Hall–Kier alpha value is -4.48. The van der Waals surface area contributed by atoms with Crippen LogP contribution in [-0.4, -0.2) is 94.5 Å². The fourth-order valence-corrected chi connectivity index (χ4v) is 4.99. The van der Waals surface area contributed by atoms with Gasteiger partial charge in [0.25, 0.3) is 0 Å². The number of amides is 4. The van der Waals surface area contributed by atoms with Gasteiger partial charge in [0.05, 0.1) is 12.8 Å². The van der Waals surface area contributed by atoms with Crippen molar-refractivity contribution in [3.63, 3.8) is 0 Å². The summed E-state index contributed by atoms with van der Waals surface area (Å²) in [6.07, 6.45) is 3.60. The maximum atomic E-state index is 12.9. The van der Waals surface area contributed by atoms with E-state index in [1.54, 1.807) is 58.3 Å². The molecule has 0 saturated heterocycles. The van der Waals surface area contributed by atoms with Gasteiger partial charge in [-0.25, -0.2) is 9.59 Å². The Morgan fingerprint density at radius 2 is 0.900 bits per heavy atom. The standard InChI is InChI=1S/C38H58N4O8/c1-37(2,3)49-35(47)41(25-15-21-39-33(45)27-29-17-9-11-19-31(29)43)23-13-7-8-14-24-42(36(48)50-38(4,5)6)26-16-22-40-34(46)28-30-18-10-12-20-32(30)44/h9-12,17-20,43-44H,7-8,13-16,21-28H2,1-6H3,(H,39,45)(H,40,46). The molecule has 0 spiro atoms. The smallest absolute Gasteiger partial charge is 0.410 e. The second-order valence-corrected chi connectivity index (χ2v) is 14.4. The Kier molecular flexibility index (Phi) is 17.4. The van der Waals surface area contributed by atoms with Gasteiger partial charge in [0.15, 0.2) is 0 Å². The summed E-state index contributed by atoms with van der Waals surface area (Å²) in [5.74, 6) is -0.242. The summed E-state index contributed by atoms with van der Waals surface area (Å²) in [6, 6.07) is 13.5. The first-order valence-electron chi connectivity index (χ1n) is 17.6. The zero-order valence-electron chi connectivity index (χ0n) is 30.8. The second-order valence-electron chi connectivity index (χ2n) is 14.4. The number of hydrogen-bond acceptors (Lipinski definition) is 8. The molecule has 0 aliphatic carbocycles. The van der Waals surface area contributed by atoms with Crippen molar-refractivity contribution in [1.29, 1.82) is 0 Å². The van der Waals surface area contributed by atoms with Crippen LogP contribution < -0.4 is 10.6 Å². The van der Waals surface area contributed by atoms with Crippen molar-refractivity contribution in [2.24, 2.45) is 0 Å². The number of phenols is 2. The van der Waals surface area contributed by atoms with E-state index in [1.165, 1.54) is 0 Å². The molecule has 0 aromatic heterocycles. The Balaban J connectivity index is 1.79. The molecule has 0 bridgehead atoms. The molecule has 0 heterocycles. The van der Waals surface area contributed by atoms with Crippen LogP contribution in [0.1, 0.15) is 91.2 Å². The van der Waals surface area contributed by atoms with Gasteiger partial charge in [0, 0.05) is 50.4 Å². The molecule has 12 heteroatoms. The predicted octanol–water partition coefficient (Wildman–Crippen LogP) is 5.93. The molecule has 0 unspecified atom stereocenters. The van der Waals surface area contributed by atoms with E-state index in [-0.39, 0.29) is 36.2 Å². The molecule has 4 N–H and O–H groups in total. The van der Waals surface area contributed by atoms with Gasteiger partial charge in [-0.15, -0.1) is 0 Å². The second kappa shape index (κ2) is 20.9. The molecular formula is C38H58N4O8. The van der Waals surface area contributed by atoms with Gasteiger partial charge in [-0.3, -0.25) is 9.59 Å². The van der Waals surface area contributed by atoms with Gasteiger partial charge in [-0.2, -0.15) is 0 Å². The molecule has 2 rings (SSSR count). The highest BCUT2D eigenvalue weighted by molar-refractivity contribution is 5.79. The number of nitrogens with zero attached hydrogens (tertiary/aromatic N) is 2. The first-order valence-corrected chi connectivity index (χ1v) is 17.6. The first-order chi connectivity index (χ1) is 23.5. The Labute approximate surface area is 297 Å². The number of phenolic OH excluding ortho intramolecular Hbond substituents is 2. The Morgan fingerprint density at radius 1 is 0.560 bits per heavy atom. The normalized spacial score (nSPS) is 11.4. The SMILES string of the molecule is CC(C)(C)OC(=O)N(CCCCCCN(CCCNC(=O)Cc1ccccc1O)C(=O)OC(C)(C)C)CCCNC(=O)Cc1ccccc1O. The zero-order chi connectivity index (χ0) is 37.2. The highest BCUT2D eigenvalue weighted by atomic mass is 16.6. The topological polar surface area (TPSA) is 158 Å². The van der Waals surface area contributed by atoms with Crippen LogP contribution in [-0.2, 0) is 31.9 Å². The van der Waals surface area contributed by atoms with Gasteiger partial charge in [0.1, 0.15) is 22.7 Å². The van der Waals surface area contributed by atoms with Crippen molar-refractivity contribution < 1.29 is 38.9 Å². The summed E-state index contributed by atoms with van der Waals surface area (Å²) in [4.78, 5) is 53.9. The minimum atomic E-state index is -0.639. The van der Waals surface area contributed by atoms with Crippen molar-refractivity contribution in [3.05, 3.63) is 59.7 Å². The van der Waals surface area contributed by atoms with E-state index in [9.17, 15) is 29.4 Å². The summed E-state index contributed by atoms with van der Waals surface area (Å²) >= 11 is 0. The van der Waals surface area contributed by atoms with Crippen LogP contribution in [0.25, 0.3) is 0 Å². The number of hydrogen-bond donors (Lipinski definition) is 4. The van der Waals surface area contributed by atoms with Crippen LogP contribution in [0, 0.1) is 0 Å². The minimum absolute atomic E-state index is 0.0747. The van der Waals surface area contributed by atoms with Gasteiger partial charge < -0.3 is 40.1 Å². The van der Waals surface area contributed by atoms with Crippen molar-refractivity contribution in [2.45, 2.75) is 104 Å². The maximum absolute atomic E-state index is 12.9. The fourth-order valence-electron chi connectivity index (χ4n) is 4.99. The van der Waals surface area contributed by atoms with E-state index in [0.717, 1.165) is 25.7 Å². The number of unbranched alkanes of at least 4 members (excludes halogenated alkanes) is 3. The largest absolute Gasteiger partial charge is 0.508 e. The average Bonchev–Trinajstić information content (AvgIpc) is 3.01. The molecule has 0 radical (unpaired) electrons. The monoisotopic (exact) mass is 698 g/mol. The van der Waals surface area contributed by atoms with Gasteiger partial charge in [-0.05, 0) is 79.4 Å². The molecule has 0 aliphatic rings. The van der Waals surface area contributed by atoms with Crippen LogP contribution in [0.5, 0.6) is 11.5 Å². The molecule has 278 valence electrons. The third-order valence-electron chi connectivity index (χ3n) is 7.45. The quantitative estimate of drug-likeness (QED) is 0.132. The number of benzene rings is 2. The van der Waals surface area contributed by atoms with E-state index in [4.69, 9.17) is 9.47 Å².